The lowest BCUT2D eigenvalue weighted by molar-refractivity contribution is 0.0601. The Morgan fingerprint density at radius 3 is 1.84 bits per heavy atom. The Morgan fingerprint density at radius 1 is 0.895 bits per heavy atom. The number of rotatable bonds is 11. The molecule has 0 saturated carbocycles. The molecule has 0 aliphatic heterocycles. The smallest absolute Gasteiger partial charge is 0.186 e. The lowest BCUT2D eigenvalue weighted by atomic mass is 10.5. The van der Waals surface area contributed by atoms with E-state index >= 15 is 0 Å². The average Bonchev–Trinajstić information content (AvgIpc) is 2.18. The molecule has 0 aromatic heterocycles. The molecule has 0 fully saturated rings. The molecule has 0 radical (unpaired) electrons. The minimum absolute atomic E-state index is 0.129. The van der Waals surface area contributed by atoms with Crippen LogP contribution in [0.25, 0.3) is 0 Å². The van der Waals surface area contributed by atoms with Crippen molar-refractivity contribution in [3.05, 3.63) is 0 Å². The summed E-state index contributed by atoms with van der Waals surface area (Å²) in [5, 5.41) is 0. The fourth-order valence-corrected chi connectivity index (χ4v) is 8.23. The van der Waals surface area contributed by atoms with E-state index in [0.717, 1.165) is 26.1 Å². The molecule has 3 nitrogen and oxygen atoms in total. The highest BCUT2D eigenvalue weighted by atomic mass is 28.4. The van der Waals surface area contributed by atoms with Crippen LogP contribution in [0, 0.1) is 0 Å². The molecular formula is C13H34O3Si3. The summed E-state index contributed by atoms with van der Waals surface area (Å²) >= 11 is 0. The van der Waals surface area contributed by atoms with Crippen LogP contribution in [0.4, 0.5) is 0 Å². The number of hydrogen-bond donors (Lipinski definition) is 0. The molecule has 6 heteroatoms. The van der Waals surface area contributed by atoms with Gasteiger partial charge in [0.2, 0.25) is 0 Å². The highest BCUT2D eigenvalue weighted by molar-refractivity contribution is 6.71. The first-order valence-corrected chi connectivity index (χ1v) is 16.2. The first-order valence-electron chi connectivity index (χ1n) is 7.57. The van der Waals surface area contributed by atoms with Crippen LogP contribution in [0.2, 0.25) is 45.3 Å². The SMILES string of the molecule is CCCOCCC[SiH2]C(O[Si](C)(C)C)O[Si](C)(C)C. The molecule has 0 atom stereocenters. The molecule has 116 valence electrons. The zero-order valence-corrected chi connectivity index (χ0v) is 17.5. The van der Waals surface area contributed by atoms with Crippen molar-refractivity contribution in [3.63, 3.8) is 0 Å². The predicted octanol–water partition coefficient (Wildman–Crippen LogP) is 3.38. The summed E-state index contributed by atoms with van der Waals surface area (Å²) in [4.78, 5) is 0. The third-order valence-electron chi connectivity index (χ3n) is 2.30. The van der Waals surface area contributed by atoms with E-state index in [-0.39, 0.29) is 15.4 Å². The van der Waals surface area contributed by atoms with Gasteiger partial charge >= 0.3 is 0 Å². The van der Waals surface area contributed by atoms with E-state index in [9.17, 15) is 0 Å². The predicted molar refractivity (Wildman–Crippen MR) is 91.7 cm³/mol. The maximum Gasteiger partial charge on any atom is 0.186 e. The fourth-order valence-electron chi connectivity index (χ4n) is 1.69. The van der Waals surface area contributed by atoms with Gasteiger partial charge in [-0.3, -0.25) is 0 Å². The molecule has 0 aliphatic carbocycles. The second-order valence-corrected chi connectivity index (χ2v) is 17.9. The van der Waals surface area contributed by atoms with Crippen molar-refractivity contribution in [2.24, 2.45) is 0 Å². The molecule has 0 spiro atoms. The van der Waals surface area contributed by atoms with Crippen LogP contribution in [-0.2, 0) is 13.6 Å². The van der Waals surface area contributed by atoms with E-state index in [1.807, 2.05) is 0 Å². The van der Waals surface area contributed by atoms with Crippen LogP contribution >= 0.6 is 0 Å². The van der Waals surface area contributed by atoms with Gasteiger partial charge in [0.25, 0.3) is 0 Å². The first-order chi connectivity index (χ1) is 8.64. The van der Waals surface area contributed by atoms with Crippen molar-refractivity contribution < 1.29 is 13.6 Å². The van der Waals surface area contributed by atoms with Crippen molar-refractivity contribution >= 4 is 26.2 Å². The zero-order chi connectivity index (χ0) is 14.9. The maximum absolute atomic E-state index is 6.21. The molecule has 0 N–H and O–H groups in total. The van der Waals surface area contributed by atoms with Gasteiger partial charge in [-0.15, -0.1) is 0 Å². The standard InChI is InChI=1S/C13H34O3Si3/c1-8-10-14-11-9-12-17-13(15-18(2,3)4)16-19(5,6)7/h13H,8-12,17H2,1-7H3. The highest BCUT2D eigenvalue weighted by Gasteiger charge is 2.26. The molecule has 0 aromatic carbocycles. The Labute approximate surface area is 124 Å². The summed E-state index contributed by atoms with van der Waals surface area (Å²) in [6, 6.07) is 1.25. The second kappa shape index (κ2) is 9.46. The normalized spacial score (nSPS) is 13.9. The summed E-state index contributed by atoms with van der Waals surface area (Å²) in [5.41, 5.74) is 0. The van der Waals surface area contributed by atoms with Crippen molar-refractivity contribution in [1.82, 2.24) is 0 Å². The van der Waals surface area contributed by atoms with Gasteiger partial charge in [-0.1, -0.05) is 13.0 Å². The van der Waals surface area contributed by atoms with E-state index < -0.39 is 16.6 Å². The molecule has 0 aromatic rings. The molecule has 0 aliphatic rings. The molecule has 0 saturated heterocycles. The van der Waals surface area contributed by atoms with Gasteiger partial charge in [0, 0.05) is 13.2 Å². The Bertz CT molecular complexity index is 208. The largest absolute Gasteiger partial charge is 0.398 e. The van der Waals surface area contributed by atoms with Crippen molar-refractivity contribution in [1.29, 1.82) is 0 Å². The minimum Gasteiger partial charge on any atom is -0.398 e. The first kappa shape index (κ1) is 19.5. The van der Waals surface area contributed by atoms with Gasteiger partial charge in [-0.05, 0) is 52.1 Å². The van der Waals surface area contributed by atoms with E-state index in [2.05, 4.69) is 46.2 Å². The summed E-state index contributed by atoms with van der Waals surface area (Å²) in [7, 11) is -3.32. The molecule has 19 heavy (non-hydrogen) atoms. The topological polar surface area (TPSA) is 27.7 Å². The van der Waals surface area contributed by atoms with Gasteiger partial charge in [-0.2, -0.15) is 0 Å². The van der Waals surface area contributed by atoms with E-state index in [0.29, 0.717) is 0 Å². The van der Waals surface area contributed by atoms with Gasteiger partial charge in [0.05, 0.1) is 9.52 Å². The third-order valence-corrected chi connectivity index (χ3v) is 6.62. The summed E-state index contributed by atoms with van der Waals surface area (Å²) in [5.74, 6) is 0.129. The molecule has 0 unspecified atom stereocenters. The third kappa shape index (κ3) is 14.7. The Morgan fingerprint density at radius 2 is 1.42 bits per heavy atom. The monoisotopic (exact) mass is 322 g/mol. The lowest BCUT2D eigenvalue weighted by Gasteiger charge is -2.31. The molecular weight excluding hydrogens is 288 g/mol. The summed E-state index contributed by atoms with van der Waals surface area (Å²) < 4.78 is 18.0. The molecule has 0 amide bonds. The number of ether oxygens (including phenoxy) is 1. The van der Waals surface area contributed by atoms with Crippen LogP contribution in [-0.4, -0.2) is 45.3 Å². The van der Waals surface area contributed by atoms with E-state index in [4.69, 9.17) is 13.6 Å². The van der Waals surface area contributed by atoms with Gasteiger partial charge < -0.3 is 13.6 Å². The highest BCUT2D eigenvalue weighted by Crippen LogP contribution is 2.14. The van der Waals surface area contributed by atoms with Crippen molar-refractivity contribution in [2.75, 3.05) is 13.2 Å². The summed E-state index contributed by atoms with van der Waals surface area (Å²) in [6.07, 6.45) is 2.27. The van der Waals surface area contributed by atoms with Crippen LogP contribution in [0.3, 0.4) is 0 Å². The van der Waals surface area contributed by atoms with Gasteiger partial charge in [0.1, 0.15) is 5.91 Å². The minimum atomic E-state index is -1.50. The summed E-state index contributed by atoms with van der Waals surface area (Å²) in [6.45, 7) is 17.4. The van der Waals surface area contributed by atoms with Gasteiger partial charge in [-0.25, -0.2) is 0 Å². The lowest BCUT2D eigenvalue weighted by Crippen LogP contribution is -2.43. The fraction of sp³-hybridized carbons (Fsp3) is 1.00. The zero-order valence-electron chi connectivity index (χ0n) is 14.0. The quantitative estimate of drug-likeness (QED) is 0.331. The number of hydrogen-bond acceptors (Lipinski definition) is 3. The Hall–Kier alpha value is 0.531. The van der Waals surface area contributed by atoms with Crippen LogP contribution < -0.4 is 0 Å². The van der Waals surface area contributed by atoms with E-state index in [1.165, 1.54) is 6.04 Å². The van der Waals surface area contributed by atoms with Crippen molar-refractivity contribution in [3.8, 4) is 0 Å². The van der Waals surface area contributed by atoms with Crippen LogP contribution in [0.1, 0.15) is 19.8 Å². The van der Waals surface area contributed by atoms with Crippen LogP contribution in [0.15, 0.2) is 0 Å². The van der Waals surface area contributed by atoms with Gasteiger partial charge in [0.15, 0.2) is 16.6 Å². The molecule has 0 bridgehead atoms. The molecule has 0 rings (SSSR count). The van der Waals surface area contributed by atoms with Crippen LogP contribution in [0.5, 0.6) is 0 Å². The van der Waals surface area contributed by atoms with E-state index in [1.54, 1.807) is 0 Å². The maximum atomic E-state index is 6.21. The van der Waals surface area contributed by atoms with Crippen molar-refractivity contribution in [2.45, 2.75) is 71.0 Å². The average molecular weight is 323 g/mol. The Kier molecular flexibility index (Phi) is 9.73. The second-order valence-electron chi connectivity index (χ2n) is 7.00. The molecule has 0 heterocycles. The Balaban J connectivity index is 3.99.